The van der Waals surface area contributed by atoms with E-state index in [0.717, 1.165) is 18.4 Å². The summed E-state index contributed by atoms with van der Waals surface area (Å²) >= 11 is 0. The van der Waals surface area contributed by atoms with Crippen molar-refractivity contribution in [2.45, 2.75) is 52.6 Å². The molecular weight excluding hydrogens is 224 g/mol. The van der Waals surface area contributed by atoms with Gasteiger partial charge >= 0.3 is 5.97 Å². The van der Waals surface area contributed by atoms with E-state index < -0.39 is 0 Å². The van der Waals surface area contributed by atoms with Crippen LogP contribution in [-0.2, 0) is 16.1 Å². The average Bonchev–Trinajstić information content (AvgIpc) is 2.42. The Hall–Kier alpha value is -1.31. The summed E-state index contributed by atoms with van der Waals surface area (Å²) in [4.78, 5) is 11.8. The van der Waals surface area contributed by atoms with Crippen LogP contribution in [0.4, 0.5) is 0 Å². The number of rotatable bonds is 8. The monoisotopic (exact) mass is 248 g/mol. The lowest BCUT2D eigenvalue weighted by Crippen LogP contribution is -2.14. The molecule has 100 valence electrons. The predicted octanol–water partition coefficient (Wildman–Crippen LogP) is 4.34. The lowest BCUT2D eigenvalue weighted by molar-refractivity contribution is -0.149. The first kappa shape index (κ1) is 14.7. The second-order valence-corrected chi connectivity index (χ2v) is 4.84. The Morgan fingerprint density at radius 3 is 2.56 bits per heavy atom. The molecule has 1 rings (SSSR count). The van der Waals surface area contributed by atoms with Crippen molar-refractivity contribution in [3.05, 3.63) is 35.9 Å². The highest BCUT2D eigenvalue weighted by Gasteiger charge is 2.13. The van der Waals surface area contributed by atoms with Crippen molar-refractivity contribution >= 4 is 5.97 Å². The molecule has 1 aromatic rings. The van der Waals surface area contributed by atoms with Gasteiger partial charge in [-0.05, 0) is 12.0 Å². The first-order chi connectivity index (χ1) is 8.74. The number of hydrogen-bond donors (Lipinski definition) is 0. The van der Waals surface area contributed by atoms with Gasteiger partial charge in [0, 0.05) is 0 Å². The third-order valence-electron chi connectivity index (χ3n) is 3.12. The zero-order valence-corrected chi connectivity index (χ0v) is 11.5. The molecule has 0 spiro atoms. The molecule has 2 nitrogen and oxygen atoms in total. The zero-order chi connectivity index (χ0) is 13.2. The maximum atomic E-state index is 11.8. The van der Waals surface area contributed by atoms with E-state index >= 15 is 0 Å². The Bertz CT molecular complexity index is 332. The molecule has 0 aliphatic heterocycles. The smallest absolute Gasteiger partial charge is 0.308 e. The van der Waals surface area contributed by atoms with Crippen LogP contribution in [0.3, 0.4) is 0 Å². The van der Waals surface area contributed by atoms with Crippen LogP contribution in [0.2, 0.25) is 0 Å². The van der Waals surface area contributed by atoms with Gasteiger partial charge in [-0.1, -0.05) is 69.9 Å². The molecule has 2 heteroatoms. The van der Waals surface area contributed by atoms with E-state index in [4.69, 9.17) is 4.74 Å². The van der Waals surface area contributed by atoms with Crippen molar-refractivity contribution in [3.8, 4) is 0 Å². The van der Waals surface area contributed by atoms with Crippen molar-refractivity contribution in [1.29, 1.82) is 0 Å². The normalized spacial score (nSPS) is 12.1. The number of benzene rings is 1. The fraction of sp³-hybridized carbons (Fsp3) is 0.562. The van der Waals surface area contributed by atoms with Crippen LogP contribution >= 0.6 is 0 Å². The third-order valence-corrected chi connectivity index (χ3v) is 3.12. The van der Waals surface area contributed by atoms with E-state index in [2.05, 4.69) is 6.92 Å². The fourth-order valence-electron chi connectivity index (χ4n) is 1.87. The molecule has 0 saturated heterocycles. The number of carbonyl (C=O) groups excluding carboxylic acids is 1. The Labute approximate surface area is 110 Å². The highest BCUT2D eigenvalue weighted by atomic mass is 16.5. The Kier molecular flexibility index (Phi) is 7.16. The molecular formula is C16H24O2. The van der Waals surface area contributed by atoms with Crippen LogP contribution in [0.1, 0.15) is 51.5 Å². The first-order valence-corrected chi connectivity index (χ1v) is 6.94. The van der Waals surface area contributed by atoms with Crippen molar-refractivity contribution in [2.24, 2.45) is 5.92 Å². The van der Waals surface area contributed by atoms with Gasteiger partial charge in [0.2, 0.25) is 0 Å². The maximum absolute atomic E-state index is 11.8. The van der Waals surface area contributed by atoms with Gasteiger partial charge in [0.25, 0.3) is 0 Å². The number of hydrogen-bond acceptors (Lipinski definition) is 2. The molecule has 0 aliphatic rings. The summed E-state index contributed by atoms with van der Waals surface area (Å²) in [5, 5.41) is 0. The number of ether oxygens (including phenoxy) is 1. The standard InChI is InChI=1S/C16H24O2/c1-3-4-5-7-10-14(2)16(17)18-13-15-11-8-6-9-12-15/h6,8-9,11-12,14H,3-5,7,10,13H2,1-2H3. The molecule has 0 N–H and O–H groups in total. The second-order valence-electron chi connectivity index (χ2n) is 4.84. The minimum atomic E-state index is -0.0737. The van der Waals surface area contributed by atoms with Crippen molar-refractivity contribution in [1.82, 2.24) is 0 Å². The summed E-state index contributed by atoms with van der Waals surface area (Å²) in [6.45, 7) is 4.54. The van der Waals surface area contributed by atoms with Crippen molar-refractivity contribution < 1.29 is 9.53 Å². The van der Waals surface area contributed by atoms with Crippen LogP contribution in [0.15, 0.2) is 30.3 Å². The molecule has 0 radical (unpaired) electrons. The topological polar surface area (TPSA) is 26.3 Å². The molecule has 0 amide bonds. The van der Waals surface area contributed by atoms with Crippen LogP contribution in [-0.4, -0.2) is 5.97 Å². The molecule has 0 bridgehead atoms. The van der Waals surface area contributed by atoms with Gasteiger partial charge in [-0.25, -0.2) is 0 Å². The fourth-order valence-corrected chi connectivity index (χ4v) is 1.87. The number of esters is 1. The van der Waals surface area contributed by atoms with E-state index in [1.54, 1.807) is 0 Å². The van der Waals surface area contributed by atoms with Gasteiger partial charge in [0.05, 0.1) is 5.92 Å². The van der Waals surface area contributed by atoms with E-state index in [1.807, 2.05) is 37.3 Å². The summed E-state index contributed by atoms with van der Waals surface area (Å²) in [7, 11) is 0. The minimum absolute atomic E-state index is 0.0190. The summed E-state index contributed by atoms with van der Waals surface area (Å²) in [5.41, 5.74) is 1.05. The van der Waals surface area contributed by atoms with E-state index in [9.17, 15) is 4.79 Å². The molecule has 0 aromatic heterocycles. The molecule has 0 heterocycles. The summed E-state index contributed by atoms with van der Waals surface area (Å²) in [5.74, 6) is -0.0547. The quantitative estimate of drug-likeness (QED) is 0.505. The second kappa shape index (κ2) is 8.73. The van der Waals surface area contributed by atoms with Crippen LogP contribution in [0.5, 0.6) is 0 Å². The van der Waals surface area contributed by atoms with Gasteiger partial charge in [-0.15, -0.1) is 0 Å². The summed E-state index contributed by atoms with van der Waals surface area (Å²) in [6.07, 6.45) is 5.76. The van der Waals surface area contributed by atoms with Crippen LogP contribution in [0, 0.1) is 5.92 Å². The largest absolute Gasteiger partial charge is 0.461 e. The predicted molar refractivity (Wildman–Crippen MR) is 74.2 cm³/mol. The highest BCUT2D eigenvalue weighted by Crippen LogP contribution is 2.13. The molecule has 1 aromatic carbocycles. The van der Waals surface area contributed by atoms with Gasteiger partial charge < -0.3 is 4.74 Å². The average molecular weight is 248 g/mol. The first-order valence-electron chi connectivity index (χ1n) is 6.94. The Morgan fingerprint density at radius 2 is 1.89 bits per heavy atom. The molecule has 0 aliphatic carbocycles. The van der Waals surface area contributed by atoms with Crippen LogP contribution < -0.4 is 0 Å². The third kappa shape index (κ3) is 5.85. The van der Waals surface area contributed by atoms with Gasteiger partial charge in [0.15, 0.2) is 0 Å². The molecule has 0 fully saturated rings. The number of unbranched alkanes of at least 4 members (excludes halogenated alkanes) is 3. The van der Waals surface area contributed by atoms with E-state index in [1.165, 1.54) is 19.3 Å². The number of carbonyl (C=O) groups is 1. The minimum Gasteiger partial charge on any atom is -0.461 e. The summed E-state index contributed by atoms with van der Waals surface area (Å²) < 4.78 is 5.31. The summed E-state index contributed by atoms with van der Waals surface area (Å²) in [6, 6.07) is 9.81. The Balaban J connectivity index is 2.19. The molecule has 1 unspecified atom stereocenters. The van der Waals surface area contributed by atoms with E-state index in [0.29, 0.717) is 6.61 Å². The lowest BCUT2D eigenvalue weighted by Gasteiger charge is -2.11. The molecule has 18 heavy (non-hydrogen) atoms. The van der Waals surface area contributed by atoms with Crippen molar-refractivity contribution in [2.75, 3.05) is 0 Å². The maximum Gasteiger partial charge on any atom is 0.308 e. The molecule has 1 atom stereocenters. The molecule has 0 saturated carbocycles. The van der Waals surface area contributed by atoms with Gasteiger partial charge in [-0.3, -0.25) is 4.79 Å². The lowest BCUT2D eigenvalue weighted by atomic mass is 10.0. The van der Waals surface area contributed by atoms with Gasteiger partial charge in [0.1, 0.15) is 6.61 Å². The van der Waals surface area contributed by atoms with Gasteiger partial charge in [-0.2, -0.15) is 0 Å². The van der Waals surface area contributed by atoms with Crippen LogP contribution in [0.25, 0.3) is 0 Å². The van der Waals surface area contributed by atoms with Crippen molar-refractivity contribution in [3.63, 3.8) is 0 Å². The Morgan fingerprint density at radius 1 is 1.17 bits per heavy atom. The highest BCUT2D eigenvalue weighted by molar-refractivity contribution is 5.71. The SMILES string of the molecule is CCCCCCC(C)C(=O)OCc1ccccc1. The van der Waals surface area contributed by atoms with E-state index in [-0.39, 0.29) is 11.9 Å². The zero-order valence-electron chi connectivity index (χ0n) is 11.5.